The Bertz CT molecular complexity index is 1840. The standard InChI is InChI=1S/C40H43N3/c1-6-42-33-24-22-29-17-11-13-19-31(29)36(33)38(2,3)35(42)21-10-8-7-9-15-26-40-39(4,5)37-32-20-14-12-18-30(32)23-25-34(37)43(40)28-16-27-41-40/h7-15,17-26,41H,6,16,27-28H2,1-5H3/b9-7+,10-8+,26-15+,35-21+. The molecular weight excluding hydrogens is 522 g/mol. The van der Waals surface area contributed by atoms with E-state index < -0.39 is 0 Å². The smallest absolute Gasteiger partial charge is 0.120 e. The van der Waals surface area contributed by atoms with Gasteiger partial charge in [0.05, 0.1) is 0 Å². The van der Waals surface area contributed by atoms with Crippen LogP contribution >= 0.6 is 0 Å². The molecule has 0 amide bonds. The van der Waals surface area contributed by atoms with E-state index in [0.717, 1.165) is 26.1 Å². The number of allylic oxidation sites excluding steroid dienone is 7. The van der Waals surface area contributed by atoms with Crippen LogP contribution in [0.5, 0.6) is 0 Å². The molecule has 3 nitrogen and oxygen atoms in total. The van der Waals surface area contributed by atoms with Gasteiger partial charge in [-0.05, 0) is 76.8 Å². The van der Waals surface area contributed by atoms with Crippen LogP contribution in [0.2, 0.25) is 0 Å². The van der Waals surface area contributed by atoms with Crippen LogP contribution in [0.1, 0.15) is 52.2 Å². The van der Waals surface area contributed by atoms with Crippen molar-refractivity contribution in [3.8, 4) is 0 Å². The first-order valence-electron chi connectivity index (χ1n) is 15.9. The molecule has 3 heteroatoms. The van der Waals surface area contributed by atoms with Gasteiger partial charge in [-0.15, -0.1) is 0 Å². The molecule has 4 aromatic rings. The van der Waals surface area contributed by atoms with E-state index in [9.17, 15) is 0 Å². The van der Waals surface area contributed by atoms with Crippen LogP contribution in [0, 0.1) is 0 Å². The molecular formula is C40H43N3. The number of fused-ring (bicyclic) bond motifs is 8. The minimum Gasteiger partial charge on any atom is -0.349 e. The molecule has 1 saturated heterocycles. The molecule has 3 aliphatic rings. The first-order valence-corrected chi connectivity index (χ1v) is 15.9. The maximum Gasteiger partial charge on any atom is 0.120 e. The lowest BCUT2D eigenvalue weighted by atomic mass is 9.73. The summed E-state index contributed by atoms with van der Waals surface area (Å²) in [5.74, 6) is 0. The number of nitrogens with zero attached hydrogens (tertiary/aromatic N) is 2. The molecule has 0 aromatic heterocycles. The molecule has 0 radical (unpaired) electrons. The minimum atomic E-state index is -0.252. The molecule has 218 valence electrons. The number of likely N-dealkylation sites (N-methyl/N-ethyl adjacent to an activating group) is 1. The van der Waals surface area contributed by atoms with Crippen molar-refractivity contribution in [3.63, 3.8) is 0 Å². The van der Waals surface area contributed by atoms with Crippen molar-refractivity contribution in [1.29, 1.82) is 0 Å². The largest absolute Gasteiger partial charge is 0.349 e. The summed E-state index contributed by atoms with van der Waals surface area (Å²) in [6.07, 6.45) is 16.8. The topological polar surface area (TPSA) is 18.5 Å². The highest BCUT2D eigenvalue weighted by Gasteiger charge is 2.56. The second-order valence-electron chi connectivity index (χ2n) is 13.2. The van der Waals surface area contributed by atoms with Gasteiger partial charge in [0.2, 0.25) is 0 Å². The fourth-order valence-electron chi connectivity index (χ4n) is 8.26. The maximum absolute atomic E-state index is 3.95. The van der Waals surface area contributed by atoms with Gasteiger partial charge in [0.25, 0.3) is 0 Å². The van der Waals surface area contributed by atoms with E-state index in [2.05, 4.69) is 165 Å². The summed E-state index contributed by atoms with van der Waals surface area (Å²) in [7, 11) is 0. The molecule has 43 heavy (non-hydrogen) atoms. The van der Waals surface area contributed by atoms with Crippen molar-refractivity contribution < 1.29 is 0 Å². The summed E-state index contributed by atoms with van der Waals surface area (Å²) in [5.41, 5.74) is 6.52. The van der Waals surface area contributed by atoms with Gasteiger partial charge in [-0.25, -0.2) is 0 Å². The summed E-state index contributed by atoms with van der Waals surface area (Å²) in [5, 5.41) is 9.30. The van der Waals surface area contributed by atoms with Gasteiger partial charge in [0.1, 0.15) is 5.66 Å². The number of benzene rings is 4. The lowest BCUT2D eigenvalue weighted by molar-refractivity contribution is 0.239. The zero-order valence-corrected chi connectivity index (χ0v) is 26.2. The van der Waals surface area contributed by atoms with Gasteiger partial charge in [0, 0.05) is 41.0 Å². The Morgan fingerprint density at radius 1 is 0.721 bits per heavy atom. The van der Waals surface area contributed by atoms with Crippen molar-refractivity contribution in [2.45, 2.75) is 57.5 Å². The van der Waals surface area contributed by atoms with Crippen LogP contribution in [0.25, 0.3) is 21.5 Å². The van der Waals surface area contributed by atoms with Crippen LogP contribution in [-0.2, 0) is 10.8 Å². The summed E-state index contributed by atoms with van der Waals surface area (Å²) >= 11 is 0. The second-order valence-corrected chi connectivity index (χ2v) is 13.2. The second kappa shape index (κ2) is 10.3. The molecule has 0 bridgehead atoms. The van der Waals surface area contributed by atoms with Gasteiger partial charge in [0.15, 0.2) is 0 Å². The third-order valence-electron chi connectivity index (χ3n) is 10.3. The Hall–Kier alpha value is -4.08. The molecule has 3 heterocycles. The van der Waals surface area contributed by atoms with E-state index in [1.165, 1.54) is 49.7 Å². The van der Waals surface area contributed by atoms with Crippen LogP contribution in [0.3, 0.4) is 0 Å². The normalized spacial score (nSPS) is 23.3. The Morgan fingerprint density at radius 3 is 2.07 bits per heavy atom. The van der Waals surface area contributed by atoms with Gasteiger partial charge in [-0.1, -0.05) is 119 Å². The molecule has 0 saturated carbocycles. The Balaban J connectivity index is 1.15. The average molecular weight is 566 g/mol. The van der Waals surface area contributed by atoms with Gasteiger partial charge < -0.3 is 9.80 Å². The van der Waals surface area contributed by atoms with Crippen LogP contribution in [0.4, 0.5) is 11.4 Å². The minimum absolute atomic E-state index is 0.0668. The maximum atomic E-state index is 3.95. The Labute approximate surface area is 256 Å². The zero-order valence-electron chi connectivity index (χ0n) is 26.2. The highest BCUT2D eigenvalue weighted by Crippen LogP contribution is 2.54. The molecule has 7 rings (SSSR count). The van der Waals surface area contributed by atoms with Gasteiger partial charge >= 0.3 is 0 Å². The quantitative estimate of drug-likeness (QED) is 0.243. The molecule has 1 unspecified atom stereocenters. The molecule has 3 aliphatic heterocycles. The van der Waals surface area contributed by atoms with Gasteiger partial charge in [-0.3, -0.25) is 5.32 Å². The van der Waals surface area contributed by atoms with E-state index >= 15 is 0 Å². The summed E-state index contributed by atoms with van der Waals surface area (Å²) in [4.78, 5) is 5.08. The predicted octanol–water partition coefficient (Wildman–Crippen LogP) is 9.15. The number of anilines is 2. The van der Waals surface area contributed by atoms with Crippen molar-refractivity contribution in [1.82, 2.24) is 5.32 Å². The molecule has 1 atom stereocenters. The number of rotatable bonds is 5. The molecule has 0 aliphatic carbocycles. The van der Waals surface area contributed by atoms with Crippen molar-refractivity contribution in [2.24, 2.45) is 0 Å². The highest BCUT2D eigenvalue weighted by molar-refractivity contribution is 5.95. The van der Waals surface area contributed by atoms with E-state index in [1.807, 2.05) is 0 Å². The zero-order chi connectivity index (χ0) is 29.8. The van der Waals surface area contributed by atoms with Crippen LogP contribution in [0.15, 0.2) is 121 Å². The monoisotopic (exact) mass is 565 g/mol. The van der Waals surface area contributed by atoms with E-state index in [4.69, 9.17) is 0 Å². The van der Waals surface area contributed by atoms with E-state index in [1.54, 1.807) is 0 Å². The van der Waals surface area contributed by atoms with Crippen molar-refractivity contribution in [2.75, 3.05) is 29.4 Å². The molecule has 1 N–H and O–H groups in total. The number of hydrogen-bond donors (Lipinski definition) is 1. The molecule has 0 spiro atoms. The van der Waals surface area contributed by atoms with E-state index in [-0.39, 0.29) is 16.5 Å². The summed E-state index contributed by atoms with van der Waals surface area (Å²) < 4.78 is 0. The van der Waals surface area contributed by atoms with E-state index in [0.29, 0.717) is 0 Å². The van der Waals surface area contributed by atoms with Crippen molar-refractivity contribution in [3.05, 3.63) is 132 Å². The third-order valence-corrected chi connectivity index (χ3v) is 10.3. The Morgan fingerprint density at radius 2 is 1.35 bits per heavy atom. The highest BCUT2D eigenvalue weighted by atomic mass is 15.4. The lowest BCUT2D eigenvalue weighted by Gasteiger charge is -2.49. The van der Waals surface area contributed by atoms with Crippen LogP contribution < -0.4 is 15.1 Å². The SMILES string of the molecule is CCN1/C(=C/C=C/C=C/C=C/C23NCCCN2c2ccc4ccccc4c2C3(C)C)C(C)(C)c2c1ccc1ccccc21. The fraction of sp³-hybridized carbons (Fsp3) is 0.300. The number of nitrogens with one attached hydrogen (secondary N) is 1. The van der Waals surface area contributed by atoms with Crippen molar-refractivity contribution >= 4 is 32.9 Å². The number of hydrogen-bond acceptors (Lipinski definition) is 3. The summed E-state index contributed by atoms with van der Waals surface area (Å²) in [6.45, 7) is 14.8. The first-order chi connectivity index (χ1) is 20.8. The lowest BCUT2D eigenvalue weighted by Crippen LogP contribution is -2.67. The fourth-order valence-corrected chi connectivity index (χ4v) is 8.26. The molecule has 1 fully saturated rings. The summed E-state index contributed by atoms with van der Waals surface area (Å²) in [6, 6.07) is 26.8. The predicted molar refractivity (Wildman–Crippen MR) is 185 cm³/mol. The first kappa shape index (κ1) is 27.7. The average Bonchev–Trinajstić information content (AvgIpc) is 3.37. The van der Waals surface area contributed by atoms with Crippen LogP contribution in [-0.4, -0.2) is 25.3 Å². The third kappa shape index (κ3) is 4.05. The van der Waals surface area contributed by atoms with Gasteiger partial charge in [-0.2, -0.15) is 0 Å². The molecule has 4 aromatic carbocycles. The Kier molecular flexibility index (Phi) is 6.63.